The van der Waals surface area contributed by atoms with Gasteiger partial charge in [-0.1, -0.05) is 0 Å². The third kappa shape index (κ3) is 1.40. The van der Waals surface area contributed by atoms with Crippen LogP contribution in [-0.4, -0.2) is 10.2 Å². The van der Waals surface area contributed by atoms with Gasteiger partial charge in [-0.3, -0.25) is 5.10 Å². The molecule has 0 spiro atoms. The minimum Gasteiger partial charge on any atom is -0.270 e. The fraction of sp³-hybridized carbons (Fsp3) is 0. The van der Waals surface area contributed by atoms with E-state index in [4.69, 9.17) is 5.26 Å². The Bertz CT molecular complexity index is 553. The first-order valence-corrected chi connectivity index (χ1v) is 5.94. The van der Waals surface area contributed by atoms with Crippen molar-refractivity contribution in [1.29, 1.82) is 5.26 Å². The van der Waals surface area contributed by atoms with Crippen LogP contribution in [0.15, 0.2) is 19.6 Å². The smallest absolute Gasteiger partial charge is 0.109 e. The maximum Gasteiger partial charge on any atom is 0.109 e. The molecular formula is C8H2Br3N3. The number of H-pyrrole nitrogens is 1. The van der Waals surface area contributed by atoms with Crippen LogP contribution in [0.25, 0.3) is 10.9 Å². The number of benzene rings is 1. The zero-order chi connectivity index (χ0) is 10.3. The lowest BCUT2D eigenvalue weighted by molar-refractivity contribution is 1.10. The van der Waals surface area contributed by atoms with E-state index >= 15 is 0 Å². The molecule has 0 radical (unpaired) electrons. The van der Waals surface area contributed by atoms with E-state index in [1.54, 1.807) is 6.07 Å². The summed E-state index contributed by atoms with van der Waals surface area (Å²) < 4.78 is 2.37. The molecule has 1 heterocycles. The van der Waals surface area contributed by atoms with E-state index in [-0.39, 0.29) is 0 Å². The fourth-order valence-electron chi connectivity index (χ4n) is 1.16. The van der Waals surface area contributed by atoms with Crippen LogP contribution in [0.5, 0.6) is 0 Å². The van der Waals surface area contributed by atoms with Crippen LogP contribution < -0.4 is 0 Å². The molecular weight excluding hydrogens is 378 g/mol. The average molecular weight is 380 g/mol. The number of hydrogen-bond acceptors (Lipinski definition) is 2. The quantitative estimate of drug-likeness (QED) is 0.758. The van der Waals surface area contributed by atoms with E-state index in [9.17, 15) is 0 Å². The van der Waals surface area contributed by atoms with Gasteiger partial charge in [0.1, 0.15) is 10.7 Å². The van der Waals surface area contributed by atoms with Crippen LogP contribution in [0.3, 0.4) is 0 Å². The van der Waals surface area contributed by atoms with Gasteiger partial charge in [0, 0.05) is 9.86 Å². The Kier molecular flexibility index (Phi) is 2.64. The summed E-state index contributed by atoms with van der Waals surface area (Å²) in [5, 5.41) is 16.6. The molecule has 0 saturated heterocycles. The average Bonchev–Trinajstić information content (AvgIpc) is 2.54. The summed E-state index contributed by atoms with van der Waals surface area (Å²) in [7, 11) is 0. The number of rotatable bonds is 0. The summed E-state index contributed by atoms with van der Waals surface area (Å²) in [6.45, 7) is 0. The van der Waals surface area contributed by atoms with Gasteiger partial charge in [-0.15, -0.1) is 0 Å². The Hall–Kier alpha value is -0.380. The van der Waals surface area contributed by atoms with Crippen LogP contribution in [-0.2, 0) is 0 Å². The van der Waals surface area contributed by atoms with E-state index in [1.807, 2.05) is 0 Å². The van der Waals surface area contributed by atoms with E-state index in [0.717, 1.165) is 24.5 Å². The number of nitriles is 1. The van der Waals surface area contributed by atoms with Gasteiger partial charge >= 0.3 is 0 Å². The van der Waals surface area contributed by atoms with Gasteiger partial charge < -0.3 is 0 Å². The highest BCUT2D eigenvalue weighted by Crippen LogP contribution is 2.36. The van der Waals surface area contributed by atoms with Crippen molar-refractivity contribution >= 4 is 58.7 Å². The van der Waals surface area contributed by atoms with E-state index in [2.05, 4.69) is 64.1 Å². The molecule has 6 heteroatoms. The summed E-state index contributed by atoms with van der Waals surface area (Å²) in [4.78, 5) is 0. The second-order valence-electron chi connectivity index (χ2n) is 2.60. The van der Waals surface area contributed by atoms with Crippen molar-refractivity contribution in [3.63, 3.8) is 0 Å². The fourth-order valence-corrected chi connectivity index (χ4v) is 2.93. The molecule has 0 fully saturated rings. The number of hydrogen-bond donors (Lipinski definition) is 1. The molecule has 0 bridgehead atoms. The summed E-state index contributed by atoms with van der Waals surface area (Å²) >= 11 is 10.1. The minimum absolute atomic E-state index is 0.559. The van der Waals surface area contributed by atoms with Gasteiger partial charge in [-0.05, 0) is 53.9 Å². The van der Waals surface area contributed by atoms with Crippen LogP contribution >= 0.6 is 47.8 Å². The maximum absolute atomic E-state index is 8.86. The van der Waals surface area contributed by atoms with E-state index < -0.39 is 0 Å². The molecule has 1 aromatic carbocycles. The monoisotopic (exact) mass is 377 g/mol. The summed E-state index contributed by atoms with van der Waals surface area (Å²) in [5.41, 5.74) is 1.31. The highest BCUT2D eigenvalue weighted by atomic mass is 79.9. The Morgan fingerprint density at radius 2 is 2.00 bits per heavy atom. The summed E-state index contributed by atoms with van der Waals surface area (Å²) in [6.07, 6.45) is 0. The molecule has 2 aromatic rings. The molecule has 0 aliphatic heterocycles. The number of aromatic amines is 1. The predicted molar refractivity (Wildman–Crippen MR) is 63.9 cm³/mol. The molecule has 0 amide bonds. The molecule has 0 unspecified atom stereocenters. The molecule has 1 N–H and O–H groups in total. The lowest BCUT2D eigenvalue weighted by atomic mass is 10.2. The molecule has 14 heavy (non-hydrogen) atoms. The second kappa shape index (κ2) is 3.65. The minimum atomic E-state index is 0.559. The van der Waals surface area contributed by atoms with Crippen molar-refractivity contribution in [2.45, 2.75) is 0 Å². The van der Waals surface area contributed by atoms with Crippen molar-refractivity contribution in [2.75, 3.05) is 0 Å². The SMILES string of the molecule is N#Cc1cc2n[nH]c(Br)c2c(Br)c1Br. The number of fused-ring (bicyclic) bond motifs is 1. The van der Waals surface area contributed by atoms with E-state index in [1.165, 1.54) is 0 Å². The first kappa shape index (κ1) is 10.1. The van der Waals surface area contributed by atoms with Crippen molar-refractivity contribution in [1.82, 2.24) is 10.2 Å². The topological polar surface area (TPSA) is 52.5 Å². The normalized spacial score (nSPS) is 10.4. The molecule has 70 valence electrons. The van der Waals surface area contributed by atoms with Gasteiger partial charge in [-0.25, -0.2) is 0 Å². The van der Waals surface area contributed by atoms with Crippen molar-refractivity contribution in [3.8, 4) is 6.07 Å². The van der Waals surface area contributed by atoms with Gasteiger partial charge in [0.15, 0.2) is 0 Å². The van der Waals surface area contributed by atoms with Crippen LogP contribution in [0.1, 0.15) is 5.56 Å². The molecule has 0 aliphatic carbocycles. The van der Waals surface area contributed by atoms with E-state index in [0.29, 0.717) is 5.56 Å². The standard InChI is InChI=1S/C8H2Br3N3/c9-6-3(2-12)1-4-5(7(6)10)8(11)14-13-4/h1H,(H,13,14). The third-order valence-electron chi connectivity index (χ3n) is 1.80. The number of nitrogens with one attached hydrogen (secondary N) is 1. The highest BCUT2D eigenvalue weighted by molar-refractivity contribution is 9.13. The molecule has 0 aliphatic rings. The van der Waals surface area contributed by atoms with Gasteiger partial charge in [0.05, 0.1) is 15.6 Å². The van der Waals surface area contributed by atoms with Gasteiger partial charge in [0.25, 0.3) is 0 Å². The van der Waals surface area contributed by atoms with Crippen LogP contribution in [0, 0.1) is 11.3 Å². The molecule has 2 rings (SSSR count). The number of aromatic nitrogens is 2. The van der Waals surface area contributed by atoms with Gasteiger partial charge in [0.2, 0.25) is 0 Å². The van der Waals surface area contributed by atoms with Crippen LogP contribution in [0.2, 0.25) is 0 Å². The first-order valence-electron chi connectivity index (χ1n) is 3.57. The van der Waals surface area contributed by atoms with Gasteiger partial charge in [-0.2, -0.15) is 10.4 Å². The predicted octanol–water partition coefficient (Wildman–Crippen LogP) is 3.72. The largest absolute Gasteiger partial charge is 0.270 e. The lowest BCUT2D eigenvalue weighted by Crippen LogP contribution is -1.81. The zero-order valence-electron chi connectivity index (χ0n) is 6.61. The summed E-state index contributed by atoms with van der Waals surface area (Å²) in [5.74, 6) is 0. The molecule has 1 aromatic heterocycles. The Balaban J connectivity index is 2.96. The Morgan fingerprint density at radius 3 is 2.64 bits per heavy atom. The summed E-state index contributed by atoms with van der Waals surface area (Å²) in [6, 6.07) is 3.82. The first-order chi connectivity index (χ1) is 6.65. The molecule has 0 saturated carbocycles. The lowest BCUT2D eigenvalue weighted by Gasteiger charge is -2.00. The van der Waals surface area contributed by atoms with Crippen molar-refractivity contribution < 1.29 is 0 Å². The van der Waals surface area contributed by atoms with Crippen molar-refractivity contribution in [3.05, 3.63) is 25.2 Å². The molecule has 0 atom stereocenters. The highest BCUT2D eigenvalue weighted by Gasteiger charge is 2.13. The maximum atomic E-state index is 8.86. The number of halogens is 3. The molecule has 3 nitrogen and oxygen atoms in total. The number of nitrogens with zero attached hydrogens (tertiary/aromatic N) is 2. The third-order valence-corrected chi connectivity index (χ3v) is 4.52. The zero-order valence-corrected chi connectivity index (χ0v) is 11.4. The van der Waals surface area contributed by atoms with Crippen LogP contribution in [0.4, 0.5) is 0 Å². The van der Waals surface area contributed by atoms with Crippen molar-refractivity contribution in [2.24, 2.45) is 0 Å². The Labute approximate surface area is 105 Å². The second-order valence-corrected chi connectivity index (χ2v) is 4.97. The Morgan fingerprint density at radius 1 is 1.29 bits per heavy atom.